The molecule has 3 aromatic rings. The second-order valence-corrected chi connectivity index (χ2v) is 7.65. The number of amides is 1. The van der Waals surface area contributed by atoms with Crippen LogP contribution in [0.5, 0.6) is 5.75 Å². The van der Waals surface area contributed by atoms with Crippen molar-refractivity contribution in [1.29, 1.82) is 0 Å². The molecule has 0 bridgehead atoms. The van der Waals surface area contributed by atoms with Crippen LogP contribution in [0.1, 0.15) is 12.5 Å². The Kier molecular flexibility index (Phi) is 5.40. The number of aryl methyl sites for hydroxylation is 1. The van der Waals surface area contributed by atoms with Gasteiger partial charge >= 0.3 is 0 Å². The summed E-state index contributed by atoms with van der Waals surface area (Å²) in [4.78, 5) is 17.9. The SMILES string of the molecule is COc1ccc(C)cc1NC(=O)[C@H](C)Sc1n[nH]c(-c2cccs2)n1. The van der Waals surface area contributed by atoms with Crippen molar-refractivity contribution in [2.24, 2.45) is 0 Å². The average Bonchev–Trinajstić information content (AvgIpc) is 3.26. The maximum absolute atomic E-state index is 12.5. The maximum Gasteiger partial charge on any atom is 0.237 e. The molecule has 2 aromatic heterocycles. The number of carbonyl (C=O) groups is 1. The van der Waals surface area contributed by atoms with Crippen LogP contribution in [-0.2, 0) is 4.79 Å². The summed E-state index contributed by atoms with van der Waals surface area (Å²) in [5.41, 5.74) is 1.71. The van der Waals surface area contributed by atoms with Crippen LogP contribution < -0.4 is 10.1 Å². The van der Waals surface area contributed by atoms with E-state index in [1.165, 1.54) is 11.8 Å². The highest BCUT2D eigenvalue weighted by Gasteiger charge is 2.19. The standard InChI is InChI=1S/C17H18N4O2S2/c1-10-6-7-13(23-3)12(9-10)18-16(22)11(2)25-17-19-15(20-21-17)14-5-4-8-24-14/h4-9,11H,1-3H3,(H,18,22)(H,19,20,21)/t11-/m0/s1. The molecule has 6 nitrogen and oxygen atoms in total. The normalized spacial score (nSPS) is 12.0. The van der Waals surface area contributed by atoms with Crippen molar-refractivity contribution >= 4 is 34.7 Å². The molecule has 1 aromatic carbocycles. The Hall–Kier alpha value is -2.32. The molecule has 3 rings (SSSR count). The lowest BCUT2D eigenvalue weighted by Gasteiger charge is -2.13. The van der Waals surface area contributed by atoms with Gasteiger partial charge in [0.25, 0.3) is 0 Å². The van der Waals surface area contributed by atoms with Gasteiger partial charge in [-0.25, -0.2) is 4.98 Å². The molecule has 2 heterocycles. The number of thiophene rings is 1. The van der Waals surface area contributed by atoms with E-state index in [0.29, 0.717) is 22.4 Å². The minimum Gasteiger partial charge on any atom is -0.495 e. The van der Waals surface area contributed by atoms with Crippen LogP contribution in [0.3, 0.4) is 0 Å². The topological polar surface area (TPSA) is 79.9 Å². The first-order chi connectivity index (χ1) is 12.1. The van der Waals surface area contributed by atoms with Crippen LogP contribution in [0.25, 0.3) is 10.7 Å². The summed E-state index contributed by atoms with van der Waals surface area (Å²) in [7, 11) is 1.58. The molecule has 0 aliphatic heterocycles. The monoisotopic (exact) mass is 374 g/mol. The summed E-state index contributed by atoms with van der Waals surface area (Å²) in [5.74, 6) is 1.22. The Morgan fingerprint density at radius 1 is 1.40 bits per heavy atom. The molecule has 0 saturated carbocycles. The van der Waals surface area contributed by atoms with Gasteiger partial charge in [0, 0.05) is 0 Å². The van der Waals surface area contributed by atoms with Crippen molar-refractivity contribution < 1.29 is 9.53 Å². The second-order valence-electron chi connectivity index (χ2n) is 5.40. The van der Waals surface area contributed by atoms with E-state index in [1.54, 1.807) is 18.4 Å². The van der Waals surface area contributed by atoms with Gasteiger partial charge in [-0.2, -0.15) is 0 Å². The van der Waals surface area contributed by atoms with E-state index in [0.717, 1.165) is 10.4 Å². The Morgan fingerprint density at radius 3 is 2.96 bits per heavy atom. The Morgan fingerprint density at radius 2 is 2.24 bits per heavy atom. The van der Waals surface area contributed by atoms with E-state index >= 15 is 0 Å². The average molecular weight is 374 g/mol. The van der Waals surface area contributed by atoms with Crippen LogP contribution >= 0.6 is 23.1 Å². The molecule has 0 fully saturated rings. The molecule has 2 N–H and O–H groups in total. The molecule has 0 radical (unpaired) electrons. The Balaban J connectivity index is 1.66. The fourth-order valence-electron chi connectivity index (χ4n) is 2.19. The number of hydrogen-bond donors (Lipinski definition) is 2. The summed E-state index contributed by atoms with van der Waals surface area (Å²) in [6.07, 6.45) is 0. The predicted octanol–water partition coefficient (Wildman–Crippen LogP) is 3.97. The zero-order chi connectivity index (χ0) is 17.8. The highest BCUT2D eigenvalue weighted by atomic mass is 32.2. The number of aromatic nitrogens is 3. The first-order valence-corrected chi connectivity index (χ1v) is 9.41. The second kappa shape index (κ2) is 7.71. The van der Waals surface area contributed by atoms with Crippen molar-refractivity contribution in [1.82, 2.24) is 15.2 Å². The fraction of sp³-hybridized carbons (Fsp3) is 0.235. The lowest BCUT2D eigenvalue weighted by Crippen LogP contribution is -2.22. The molecular formula is C17H18N4O2S2. The van der Waals surface area contributed by atoms with Crippen molar-refractivity contribution in [3.63, 3.8) is 0 Å². The third-order valence-electron chi connectivity index (χ3n) is 3.48. The van der Waals surface area contributed by atoms with Crippen molar-refractivity contribution in [2.45, 2.75) is 24.3 Å². The van der Waals surface area contributed by atoms with Crippen LogP contribution in [0.15, 0.2) is 40.9 Å². The van der Waals surface area contributed by atoms with Gasteiger partial charge in [0.1, 0.15) is 5.75 Å². The number of carbonyl (C=O) groups excluding carboxylic acids is 1. The number of nitrogens with one attached hydrogen (secondary N) is 2. The number of hydrogen-bond acceptors (Lipinski definition) is 6. The van der Waals surface area contributed by atoms with Crippen LogP contribution in [-0.4, -0.2) is 33.4 Å². The lowest BCUT2D eigenvalue weighted by molar-refractivity contribution is -0.115. The molecule has 0 unspecified atom stereocenters. The summed E-state index contributed by atoms with van der Waals surface area (Å²) >= 11 is 2.89. The van der Waals surface area contributed by atoms with E-state index in [-0.39, 0.29) is 11.2 Å². The van der Waals surface area contributed by atoms with Gasteiger partial charge < -0.3 is 10.1 Å². The van der Waals surface area contributed by atoms with Crippen LogP contribution in [0, 0.1) is 6.92 Å². The molecule has 0 saturated heterocycles. The summed E-state index contributed by atoms with van der Waals surface area (Å²) in [6.45, 7) is 3.79. The zero-order valence-electron chi connectivity index (χ0n) is 14.1. The number of anilines is 1. The quantitative estimate of drug-likeness (QED) is 0.638. The molecule has 0 aliphatic carbocycles. The third-order valence-corrected chi connectivity index (χ3v) is 5.32. The summed E-state index contributed by atoms with van der Waals surface area (Å²) in [6, 6.07) is 9.59. The highest BCUT2D eigenvalue weighted by Crippen LogP contribution is 2.28. The van der Waals surface area contributed by atoms with E-state index in [4.69, 9.17) is 4.74 Å². The van der Waals surface area contributed by atoms with Crippen LogP contribution in [0.2, 0.25) is 0 Å². The lowest BCUT2D eigenvalue weighted by atomic mass is 10.2. The number of thioether (sulfide) groups is 1. The molecular weight excluding hydrogens is 356 g/mol. The molecule has 0 aliphatic rings. The molecule has 0 spiro atoms. The maximum atomic E-state index is 12.5. The van der Waals surface area contributed by atoms with Gasteiger partial charge in [-0.3, -0.25) is 9.89 Å². The van der Waals surface area contributed by atoms with Crippen molar-refractivity contribution in [3.8, 4) is 16.5 Å². The third kappa shape index (κ3) is 4.21. The minimum atomic E-state index is -0.350. The highest BCUT2D eigenvalue weighted by molar-refractivity contribution is 8.00. The number of nitrogens with zero attached hydrogens (tertiary/aromatic N) is 2. The smallest absolute Gasteiger partial charge is 0.237 e. The first-order valence-electron chi connectivity index (χ1n) is 7.65. The summed E-state index contributed by atoms with van der Waals surface area (Å²) < 4.78 is 5.29. The molecule has 1 amide bonds. The number of ether oxygens (including phenoxy) is 1. The molecule has 1 atom stereocenters. The van der Waals surface area contributed by atoms with Gasteiger partial charge in [0.15, 0.2) is 5.82 Å². The van der Waals surface area contributed by atoms with Gasteiger partial charge in [-0.1, -0.05) is 23.9 Å². The van der Waals surface area contributed by atoms with E-state index in [9.17, 15) is 4.79 Å². The van der Waals surface area contributed by atoms with Gasteiger partial charge in [0.2, 0.25) is 11.1 Å². The van der Waals surface area contributed by atoms with Gasteiger partial charge in [0.05, 0.1) is 22.9 Å². The first kappa shape index (κ1) is 17.5. The van der Waals surface area contributed by atoms with Crippen LogP contribution in [0.4, 0.5) is 5.69 Å². The number of rotatable bonds is 6. The Bertz CT molecular complexity index is 861. The number of H-pyrrole nitrogens is 1. The van der Waals surface area contributed by atoms with Crippen molar-refractivity contribution in [3.05, 3.63) is 41.3 Å². The molecule has 130 valence electrons. The van der Waals surface area contributed by atoms with E-state index < -0.39 is 0 Å². The van der Waals surface area contributed by atoms with E-state index in [2.05, 4.69) is 20.5 Å². The largest absolute Gasteiger partial charge is 0.495 e. The zero-order valence-corrected chi connectivity index (χ0v) is 15.7. The fourth-order valence-corrected chi connectivity index (χ4v) is 3.58. The number of methoxy groups -OCH3 is 1. The molecule has 8 heteroatoms. The number of aromatic amines is 1. The number of benzene rings is 1. The molecule has 25 heavy (non-hydrogen) atoms. The Labute approximate surface area is 154 Å². The van der Waals surface area contributed by atoms with Gasteiger partial charge in [-0.05, 0) is 43.0 Å². The van der Waals surface area contributed by atoms with E-state index in [1.807, 2.05) is 49.6 Å². The van der Waals surface area contributed by atoms with Gasteiger partial charge in [-0.15, -0.1) is 16.4 Å². The summed E-state index contributed by atoms with van der Waals surface area (Å²) in [5, 5.41) is 12.2. The van der Waals surface area contributed by atoms with Crippen molar-refractivity contribution in [2.75, 3.05) is 12.4 Å². The predicted molar refractivity (Wildman–Crippen MR) is 101 cm³/mol. The minimum absolute atomic E-state index is 0.128.